The Labute approximate surface area is 97.1 Å². The van der Waals surface area contributed by atoms with Crippen LogP contribution in [0.2, 0.25) is 10.0 Å². The minimum Gasteiger partial charge on any atom is -0.359 e. The van der Waals surface area contributed by atoms with Gasteiger partial charge in [0.1, 0.15) is 6.07 Å². The number of aromatic amines is 1. The van der Waals surface area contributed by atoms with Gasteiger partial charge in [0.05, 0.1) is 16.3 Å². The molecule has 1 heterocycles. The van der Waals surface area contributed by atoms with Gasteiger partial charge in [-0.15, -0.1) is 0 Å². The van der Waals surface area contributed by atoms with Crippen LogP contribution in [0.15, 0.2) is 30.5 Å². The van der Waals surface area contributed by atoms with Crippen molar-refractivity contribution in [3.05, 3.63) is 46.1 Å². The van der Waals surface area contributed by atoms with E-state index in [1.54, 1.807) is 12.3 Å². The molecule has 74 valence electrons. The van der Waals surface area contributed by atoms with Crippen LogP contribution in [-0.4, -0.2) is 4.98 Å². The molecule has 2 rings (SSSR count). The Kier molecular flexibility index (Phi) is 2.68. The van der Waals surface area contributed by atoms with Crippen molar-refractivity contribution in [1.29, 1.82) is 5.26 Å². The zero-order valence-electron chi connectivity index (χ0n) is 7.59. The fourth-order valence-corrected chi connectivity index (χ4v) is 1.81. The summed E-state index contributed by atoms with van der Waals surface area (Å²) in [6, 6.07) is 9.35. The Bertz CT molecular complexity index is 538. The van der Waals surface area contributed by atoms with Crippen LogP contribution in [-0.2, 0) is 0 Å². The summed E-state index contributed by atoms with van der Waals surface area (Å²) in [6.07, 6.45) is 1.58. The molecule has 0 spiro atoms. The van der Waals surface area contributed by atoms with E-state index in [1.165, 1.54) is 0 Å². The lowest BCUT2D eigenvalue weighted by molar-refractivity contribution is 1.39. The SMILES string of the molecule is N#Cc1c(Cl)c[nH]c1-c1ccccc1Cl. The van der Waals surface area contributed by atoms with Crippen LogP contribution in [0.4, 0.5) is 0 Å². The molecular formula is C11H6Cl2N2. The van der Waals surface area contributed by atoms with Crippen LogP contribution in [0.25, 0.3) is 11.3 Å². The molecule has 0 atom stereocenters. The summed E-state index contributed by atoms with van der Waals surface area (Å²) >= 11 is 11.9. The Morgan fingerprint density at radius 1 is 1.13 bits per heavy atom. The number of benzene rings is 1. The first kappa shape index (κ1) is 10.1. The molecular weight excluding hydrogens is 231 g/mol. The van der Waals surface area contributed by atoms with Gasteiger partial charge in [-0.25, -0.2) is 0 Å². The molecule has 1 N–H and O–H groups in total. The van der Waals surface area contributed by atoms with Gasteiger partial charge >= 0.3 is 0 Å². The average molecular weight is 237 g/mol. The van der Waals surface area contributed by atoms with Gasteiger partial charge in [-0.1, -0.05) is 41.4 Å². The fourth-order valence-electron chi connectivity index (χ4n) is 1.38. The summed E-state index contributed by atoms with van der Waals surface area (Å²) in [5.74, 6) is 0. The van der Waals surface area contributed by atoms with E-state index in [0.29, 0.717) is 21.3 Å². The smallest absolute Gasteiger partial charge is 0.103 e. The number of nitrogens with one attached hydrogen (secondary N) is 1. The highest BCUT2D eigenvalue weighted by atomic mass is 35.5. The van der Waals surface area contributed by atoms with Crippen LogP contribution < -0.4 is 0 Å². The van der Waals surface area contributed by atoms with Crippen molar-refractivity contribution < 1.29 is 0 Å². The monoisotopic (exact) mass is 236 g/mol. The van der Waals surface area contributed by atoms with E-state index in [2.05, 4.69) is 4.98 Å². The maximum atomic E-state index is 8.94. The van der Waals surface area contributed by atoms with Crippen LogP contribution >= 0.6 is 23.2 Å². The van der Waals surface area contributed by atoms with Gasteiger partial charge in [-0.2, -0.15) is 5.26 Å². The molecule has 2 aromatic rings. The summed E-state index contributed by atoms with van der Waals surface area (Å²) in [6.45, 7) is 0. The highest BCUT2D eigenvalue weighted by Gasteiger charge is 2.12. The molecule has 0 saturated carbocycles. The van der Waals surface area contributed by atoms with Gasteiger partial charge in [-0.3, -0.25) is 0 Å². The van der Waals surface area contributed by atoms with Crippen molar-refractivity contribution in [3.8, 4) is 17.3 Å². The molecule has 2 nitrogen and oxygen atoms in total. The lowest BCUT2D eigenvalue weighted by atomic mass is 10.1. The maximum absolute atomic E-state index is 8.94. The van der Waals surface area contributed by atoms with Crippen molar-refractivity contribution in [2.24, 2.45) is 0 Å². The van der Waals surface area contributed by atoms with Crippen LogP contribution in [0.5, 0.6) is 0 Å². The van der Waals surface area contributed by atoms with Gasteiger partial charge in [0.25, 0.3) is 0 Å². The predicted molar refractivity (Wildman–Crippen MR) is 61.0 cm³/mol. The highest BCUT2D eigenvalue weighted by molar-refractivity contribution is 6.34. The number of nitriles is 1. The Hall–Kier alpha value is -1.43. The number of halogens is 2. The lowest BCUT2D eigenvalue weighted by Crippen LogP contribution is -1.82. The van der Waals surface area contributed by atoms with E-state index in [0.717, 1.165) is 5.56 Å². The molecule has 0 amide bonds. The molecule has 0 aliphatic heterocycles. The summed E-state index contributed by atoms with van der Waals surface area (Å²) in [4.78, 5) is 2.94. The molecule has 0 aliphatic carbocycles. The number of rotatable bonds is 1. The number of aromatic nitrogens is 1. The number of H-pyrrole nitrogens is 1. The maximum Gasteiger partial charge on any atom is 0.103 e. The predicted octanol–water partition coefficient (Wildman–Crippen LogP) is 3.86. The summed E-state index contributed by atoms with van der Waals surface area (Å²) in [5, 5.41) is 9.94. The molecule has 0 saturated heterocycles. The summed E-state index contributed by atoms with van der Waals surface area (Å²) < 4.78 is 0. The molecule has 1 aromatic carbocycles. The van der Waals surface area contributed by atoms with Gasteiger partial charge in [0.15, 0.2) is 0 Å². The first-order valence-electron chi connectivity index (χ1n) is 4.26. The van der Waals surface area contributed by atoms with Crippen LogP contribution in [0, 0.1) is 11.3 Å². The van der Waals surface area contributed by atoms with Crippen molar-refractivity contribution in [1.82, 2.24) is 4.98 Å². The zero-order chi connectivity index (χ0) is 10.8. The normalized spacial score (nSPS) is 9.93. The van der Waals surface area contributed by atoms with E-state index in [1.807, 2.05) is 24.3 Å². The standard InChI is InChI=1S/C11H6Cl2N2/c12-9-4-2-1-3-7(9)11-8(5-14)10(13)6-15-11/h1-4,6,15H. The highest BCUT2D eigenvalue weighted by Crippen LogP contribution is 2.32. The van der Waals surface area contributed by atoms with E-state index in [4.69, 9.17) is 28.5 Å². The van der Waals surface area contributed by atoms with Crippen molar-refractivity contribution in [2.75, 3.05) is 0 Å². The molecule has 0 unspecified atom stereocenters. The number of hydrogen-bond acceptors (Lipinski definition) is 1. The molecule has 4 heteroatoms. The third-order valence-electron chi connectivity index (χ3n) is 2.09. The zero-order valence-corrected chi connectivity index (χ0v) is 9.10. The minimum atomic E-state index is 0.410. The largest absolute Gasteiger partial charge is 0.359 e. The summed E-state index contributed by atoms with van der Waals surface area (Å²) in [7, 11) is 0. The van der Waals surface area contributed by atoms with Crippen LogP contribution in [0.1, 0.15) is 5.56 Å². The number of hydrogen-bond donors (Lipinski definition) is 1. The molecule has 1 aromatic heterocycles. The third kappa shape index (κ3) is 1.72. The van der Waals surface area contributed by atoms with E-state index in [-0.39, 0.29) is 0 Å². The van der Waals surface area contributed by atoms with Gasteiger partial charge in [0, 0.05) is 16.8 Å². The van der Waals surface area contributed by atoms with Crippen LogP contribution in [0.3, 0.4) is 0 Å². The van der Waals surface area contributed by atoms with Gasteiger partial charge < -0.3 is 4.98 Å². The van der Waals surface area contributed by atoms with Crippen molar-refractivity contribution >= 4 is 23.2 Å². The Morgan fingerprint density at radius 2 is 1.87 bits per heavy atom. The van der Waals surface area contributed by atoms with Crippen molar-refractivity contribution in [3.63, 3.8) is 0 Å². The fraction of sp³-hybridized carbons (Fsp3) is 0. The average Bonchev–Trinajstić information content (AvgIpc) is 2.60. The number of nitrogens with zero attached hydrogens (tertiary/aromatic N) is 1. The molecule has 15 heavy (non-hydrogen) atoms. The van der Waals surface area contributed by atoms with E-state index in [9.17, 15) is 0 Å². The second kappa shape index (κ2) is 3.98. The van der Waals surface area contributed by atoms with Gasteiger partial charge in [-0.05, 0) is 6.07 Å². The quantitative estimate of drug-likeness (QED) is 0.803. The van der Waals surface area contributed by atoms with Gasteiger partial charge in [0.2, 0.25) is 0 Å². The van der Waals surface area contributed by atoms with E-state index >= 15 is 0 Å². The topological polar surface area (TPSA) is 39.6 Å². The van der Waals surface area contributed by atoms with Crippen molar-refractivity contribution in [2.45, 2.75) is 0 Å². The Balaban J connectivity index is 2.66. The first-order valence-corrected chi connectivity index (χ1v) is 5.01. The molecule has 0 aliphatic rings. The summed E-state index contributed by atoms with van der Waals surface area (Å²) in [5.41, 5.74) is 1.86. The molecule has 0 fully saturated rings. The second-order valence-corrected chi connectivity index (χ2v) is 3.79. The Morgan fingerprint density at radius 3 is 2.53 bits per heavy atom. The molecule has 0 radical (unpaired) electrons. The molecule has 0 bridgehead atoms. The third-order valence-corrected chi connectivity index (χ3v) is 2.71. The minimum absolute atomic E-state index is 0.410. The second-order valence-electron chi connectivity index (χ2n) is 2.98. The first-order chi connectivity index (χ1) is 7.24. The lowest BCUT2D eigenvalue weighted by Gasteiger charge is -2.01. The van der Waals surface area contributed by atoms with E-state index < -0.39 is 0 Å².